The Balaban J connectivity index is 2.73. The molecule has 1 aromatic rings. The van der Waals surface area contributed by atoms with Crippen molar-refractivity contribution in [3.05, 3.63) is 29.8 Å². The zero-order chi connectivity index (χ0) is 12.1. The standard InChI is InChI=1S/C10H11F4NO/c11-9(12)5-8(15)6-2-1-3-7(4-6)16-10(13)14/h1-4,8-10H,5,15H2/t8-/m1/s1. The summed E-state index contributed by atoms with van der Waals surface area (Å²) < 4.78 is 52.0. The SMILES string of the molecule is N[C@H](CC(F)F)c1cccc(OC(F)F)c1. The maximum atomic E-state index is 12.1. The van der Waals surface area contributed by atoms with Gasteiger partial charge in [0.05, 0.1) is 0 Å². The van der Waals surface area contributed by atoms with Crippen molar-refractivity contribution in [1.29, 1.82) is 0 Å². The van der Waals surface area contributed by atoms with Crippen LogP contribution in [0.1, 0.15) is 18.0 Å². The summed E-state index contributed by atoms with van der Waals surface area (Å²) in [4.78, 5) is 0. The van der Waals surface area contributed by atoms with E-state index in [9.17, 15) is 17.6 Å². The van der Waals surface area contributed by atoms with Gasteiger partial charge in [0, 0.05) is 12.5 Å². The minimum Gasteiger partial charge on any atom is -0.435 e. The van der Waals surface area contributed by atoms with E-state index in [1.165, 1.54) is 24.3 Å². The van der Waals surface area contributed by atoms with E-state index in [4.69, 9.17) is 5.73 Å². The molecule has 2 nitrogen and oxygen atoms in total. The number of ether oxygens (including phenoxy) is 1. The second-order valence-electron chi connectivity index (χ2n) is 3.18. The van der Waals surface area contributed by atoms with Gasteiger partial charge in [0.2, 0.25) is 6.43 Å². The summed E-state index contributed by atoms with van der Waals surface area (Å²) in [6.07, 6.45) is -3.05. The van der Waals surface area contributed by atoms with Crippen LogP contribution in [-0.4, -0.2) is 13.0 Å². The first-order valence-electron chi connectivity index (χ1n) is 4.57. The number of halogens is 4. The Bertz CT molecular complexity index is 332. The highest BCUT2D eigenvalue weighted by Gasteiger charge is 2.14. The molecule has 0 spiro atoms. The van der Waals surface area contributed by atoms with Gasteiger partial charge in [0.1, 0.15) is 5.75 Å². The number of rotatable bonds is 5. The van der Waals surface area contributed by atoms with Crippen LogP contribution in [0.4, 0.5) is 17.6 Å². The Morgan fingerprint density at radius 3 is 2.44 bits per heavy atom. The molecule has 0 fully saturated rings. The van der Waals surface area contributed by atoms with Gasteiger partial charge < -0.3 is 10.5 Å². The summed E-state index contributed by atoms with van der Waals surface area (Å²) >= 11 is 0. The molecule has 0 saturated heterocycles. The van der Waals surface area contributed by atoms with Crippen LogP contribution < -0.4 is 10.5 Å². The van der Waals surface area contributed by atoms with Gasteiger partial charge in [-0.25, -0.2) is 8.78 Å². The van der Waals surface area contributed by atoms with Crippen molar-refractivity contribution in [1.82, 2.24) is 0 Å². The predicted molar refractivity (Wildman–Crippen MR) is 50.6 cm³/mol. The number of nitrogens with two attached hydrogens (primary N) is 1. The number of hydrogen-bond donors (Lipinski definition) is 1. The highest BCUT2D eigenvalue weighted by Crippen LogP contribution is 2.23. The van der Waals surface area contributed by atoms with Gasteiger partial charge in [0.15, 0.2) is 0 Å². The molecule has 1 rings (SSSR count). The van der Waals surface area contributed by atoms with Crippen LogP contribution in [0.3, 0.4) is 0 Å². The van der Waals surface area contributed by atoms with Gasteiger partial charge in [0.25, 0.3) is 0 Å². The summed E-state index contributed by atoms with van der Waals surface area (Å²) in [5, 5.41) is 0. The van der Waals surface area contributed by atoms with Crippen molar-refractivity contribution < 1.29 is 22.3 Å². The maximum Gasteiger partial charge on any atom is 0.387 e. The topological polar surface area (TPSA) is 35.2 Å². The fourth-order valence-corrected chi connectivity index (χ4v) is 1.25. The summed E-state index contributed by atoms with van der Waals surface area (Å²) in [6.45, 7) is -2.94. The Morgan fingerprint density at radius 1 is 1.19 bits per heavy atom. The lowest BCUT2D eigenvalue weighted by Crippen LogP contribution is -2.14. The molecule has 1 atom stereocenters. The molecule has 0 saturated carbocycles. The van der Waals surface area contributed by atoms with Crippen molar-refractivity contribution >= 4 is 0 Å². The number of alkyl halides is 4. The Morgan fingerprint density at radius 2 is 1.88 bits per heavy atom. The third-order valence-electron chi connectivity index (χ3n) is 1.94. The zero-order valence-electron chi connectivity index (χ0n) is 8.25. The van der Waals surface area contributed by atoms with E-state index in [1.807, 2.05) is 0 Å². The predicted octanol–water partition coefficient (Wildman–Crippen LogP) is 2.94. The minimum atomic E-state index is -2.94. The fraction of sp³-hybridized carbons (Fsp3) is 0.400. The van der Waals surface area contributed by atoms with Crippen molar-refractivity contribution in [2.24, 2.45) is 5.73 Å². The Kier molecular flexibility index (Phi) is 4.54. The molecule has 0 aromatic heterocycles. The van der Waals surface area contributed by atoms with Crippen LogP contribution in [0.25, 0.3) is 0 Å². The third kappa shape index (κ3) is 4.06. The Hall–Kier alpha value is -1.30. The van der Waals surface area contributed by atoms with E-state index < -0.39 is 25.5 Å². The van der Waals surface area contributed by atoms with E-state index >= 15 is 0 Å². The van der Waals surface area contributed by atoms with E-state index in [0.29, 0.717) is 5.56 Å². The molecule has 16 heavy (non-hydrogen) atoms. The molecule has 0 heterocycles. The molecule has 2 N–H and O–H groups in total. The molecule has 0 amide bonds. The molecule has 0 aliphatic carbocycles. The van der Waals surface area contributed by atoms with E-state index in [0.717, 1.165) is 0 Å². The average Bonchev–Trinajstić information content (AvgIpc) is 2.16. The molecule has 0 aliphatic rings. The molecular weight excluding hydrogens is 226 g/mol. The van der Waals surface area contributed by atoms with Crippen molar-refractivity contribution in [2.45, 2.75) is 25.5 Å². The number of benzene rings is 1. The monoisotopic (exact) mass is 237 g/mol. The van der Waals surface area contributed by atoms with Crippen molar-refractivity contribution in [2.75, 3.05) is 0 Å². The number of hydrogen-bond acceptors (Lipinski definition) is 2. The highest BCUT2D eigenvalue weighted by atomic mass is 19.3. The van der Waals surface area contributed by atoms with Gasteiger partial charge in [-0.3, -0.25) is 0 Å². The smallest absolute Gasteiger partial charge is 0.387 e. The molecule has 0 bridgehead atoms. The lowest BCUT2D eigenvalue weighted by Gasteiger charge is -2.12. The first-order valence-corrected chi connectivity index (χ1v) is 4.57. The summed E-state index contributed by atoms with van der Waals surface area (Å²) in [5.41, 5.74) is 5.82. The van der Waals surface area contributed by atoms with Crippen LogP contribution in [0, 0.1) is 0 Å². The quantitative estimate of drug-likeness (QED) is 0.799. The highest BCUT2D eigenvalue weighted by molar-refractivity contribution is 5.30. The molecule has 90 valence electrons. The van der Waals surface area contributed by atoms with Crippen LogP contribution in [0.5, 0.6) is 5.75 Å². The maximum absolute atomic E-state index is 12.1. The van der Waals surface area contributed by atoms with Crippen LogP contribution in [-0.2, 0) is 0 Å². The van der Waals surface area contributed by atoms with Crippen LogP contribution in [0.15, 0.2) is 24.3 Å². The van der Waals surface area contributed by atoms with Crippen LogP contribution in [0.2, 0.25) is 0 Å². The molecule has 0 aliphatic heterocycles. The van der Waals surface area contributed by atoms with E-state index in [-0.39, 0.29) is 5.75 Å². The average molecular weight is 237 g/mol. The lowest BCUT2D eigenvalue weighted by molar-refractivity contribution is -0.0499. The van der Waals surface area contributed by atoms with Crippen molar-refractivity contribution in [3.8, 4) is 5.75 Å². The van der Waals surface area contributed by atoms with Gasteiger partial charge in [-0.15, -0.1) is 0 Å². The van der Waals surface area contributed by atoms with Gasteiger partial charge in [-0.05, 0) is 17.7 Å². The lowest BCUT2D eigenvalue weighted by atomic mass is 10.0. The normalized spacial score (nSPS) is 13.2. The molecular formula is C10H11F4NO. The second kappa shape index (κ2) is 5.69. The largest absolute Gasteiger partial charge is 0.435 e. The van der Waals surface area contributed by atoms with Gasteiger partial charge in [-0.2, -0.15) is 8.78 Å². The molecule has 1 aromatic carbocycles. The third-order valence-corrected chi connectivity index (χ3v) is 1.94. The van der Waals surface area contributed by atoms with Gasteiger partial charge >= 0.3 is 6.61 Å². The second-order valence-corrected chi connectivity index (χ2v) is 3.18. The Labute approximate surface area is 90.0 Å². The zero-order valence-corrected chi connectivity index (χ0v) is 8.25. The molecule has 0 unspecified atom stereocenters. The summed E-state index contributed by atoms with van der Waals surface area (Å²) in [7, 11) is 0. The van der Waals surface area contributed by atoms with E-state index in [1.54, 1.807) is 0 Å². The van der Waals surface area contributed by atoms with Crippen LogP contribution >= 0.6 is 0 Å². The first-order chi connectivity index (χ1) is 7.49. The van der Waals surface area contributed by atoms with E-state index in [2.05, 4.69) is 4.74 Å². The molecule has 0 radical (unpaired) electrons. The summed E-state index contributed by atoms with van der Waals surface area (Å²) in [6, 6.07) is 4.58. The minimum absolute atomic E-state index is 0.0859. The molecule has 6 heteroatoms. The summed E-state index contributed by atoms with van der Waals surface area (Å²) in [5.74, 6) is -0.0859. The fourth-order valence-electron chi connectivity index (χ4n) is 1.25. The first kappa shape index (κ1) is 12.8. The van der Waals surface area contributed by atoms with Crippen molar-refractivity contribution in [3.63, 3.8) is 0 Å². The van der Waals surface area contributed by atoms with Gasteiger partial charge in [-0.1, -0.05) is 12.1 Å².